The van der Waals surface area contributed by atoms with E-state index in [2.05, 4.69) is 25.7 Å². The minimum Gasteiger partial charge on any atom is -0.360 e. The maximum atomic E-state index is 12.4. The van der Waals surface area contributed by atoms with Crippen molar-refractivity contribution in [2.45, 2.75) is 6.92 Å². The standard InChI is InChI=1S/C14H17N5O2/c1-10-9-12(18-21-10)17-14(20)11-3-2-4-16-13(11)19-7-5-15-6-8-19/h2-4,9,15H,5-8H2,1H3,(H,17,18,20). The van der Waals surface area contributed by atoms with E-state index in [1.165, 1.54) is 0 Å². The minimum atomic E-state index is -0.232. The van der Waals surface area contributed by atoms with Crippen molar-refractivity contribution in [1.82, 2.24) is 15.5 Å². The molecule has 3 heterocycles. The highest BCUT2D eigenvalue weighted by Gasteiger charge is 2.20. The quantitative estimate of drug-likeness (QED) is 0.877. The molecule has 1 aliphatic heterocycles. The molecule has 2 N–H and O–H groups in total. The van der Waals surface area contributed by atoms with Crippen LogP contribution >= 0.6 is 0 Å². The van der Waals surface area contributed by atoms with E-state index in [4.69, 9.17) is 4.52 Å². The molecular weight excluding hydrogens is 270 g/mol. The normalized spacial score (nSPS) is 15.0. The van der Waals surface area contributed by atoms with E-state index in [0.29, 0.717) is 23.0 Å². The van der Waals surface area contributed by atoms with Gasteiger partial charge in [0, 0.05) is 38.4 Å². The van der Waals surface area contributed by atoms with Crippen LogP contribution in [-0.2, 0) is 0 Å². The summed E-state index contributed by atoms with van der Waals surface area (Å²) >= 11 is 0. The molecule has 0 unspecified atom stereocenters. The Balaban J connectivity index is 1.82. The first-order chi connectivity index (χ1) is 10.2. The molecule has 1 aliphatic rings. The topological polar surface area (TPSA) is 83.3 Å². The second-order valence-electron chi connectivity index (χ2n) is 4.89. The maximum absolute atomic E-state index is 12.4. The summed E-state index contributed by atoms with van der Waals surface area (Å²) < 4.78 is 4.95. The number of pyridine rings is 1. The first kappa shape index (κ1) is 13.6. The molecule has 110 valence electrons. The molecule has 1 saturated heterocycles. The Morgan fingerprint density at radius 1 is 1.43 bits per heavy atom. The molecule has 1 fully saturated rings. The predicted molar refractivity (Wildman–Crippen MR) is 78.5 cm³/mol. The summed E-state index contributed by atoms with van der Waals surface area (Å²) in [4.78, 5) is 18.9. The average molecular weight is 287 g/mol. The highest BCUT2D eigenvalue weighted by molar-refractivity contribution is 6.07. The van der Waals surface area contributed by atoms with Crippen LogP contribution in [0.1, 0.15) is 16.1 Å². The van der Waals surface area contributed by atoms with E-state index in [9.17, 15) is 4.79 Å². The van der Waals surface area contributed by atoms with Crippen molar-refractivity contribution in [3.05, 3.63) is 35.7 Å². The van der Waals surface area contributed by atoms with Crippen LogP contribution in [0.25, 0.3) is 0 Å². The third kappa shape index (κ3) is 3.03. The fraction of sp³-hybridized carbons (Fsp3) is 0.357. The highest BCUT2D eigenvalue weighted by atomic mass is 16.5. The fourth-order valence-electron chi connectivity index (χ4n) is 2.31. The molecule has 0 bridgehead atoms. The van der Waals surface area contributed by atoms with Crippen molar-refractivity contribution in [3.8, 4) is 0 Å². The molecule has 0 aromatic carbocycles. The van der Waals surface area contributed by atoms with Crippen LogP contribution in [0.3, 0.4) is 0 Å². The van der Waals surface area contributed by atoms with Gasteiger partial charge in [0.1, 0.15) is 11.6 Å². The zero-order valence-electron chi connectivity index (χ0n) is 11.8. The van der Waals surface area contributed by atoms with E-state index in [-0.39, 0.29) is 5.91 Å². The molecule has 1 amide bonds. The van der Waals surface area contributed by atoms with Gasteiger partial charge in [-0.1, -0.05) is 5.16 Å². The molecule has 0 spiro atoms. The lowest BCUT2D eigenvalue weighted by Gasteiger charge is -2.29. The Labute approximate surface area is 122 Å². The second-order valence-corrected chi connectivity index (χ2v) is 4.89. The Morgan fingerprint density at radius 3 is 2.95 bits per heavy atom. The first-order valence-corrected chi connectivity index (χ1v) is 6.89. The van der Waals surface area contributed by atoms with Gasteiger partial charge in [-0.2, -0.15) is 0 Å². The van der Waals surface area contributed by atoms with Crippen LogP contribution in [0.15, 0.2) is 28.9 Å². The van der Waals surface area contributed by atoms with Crippen molar-refractivity contribution in [2.24, 2.45) is 0 Å². The monoisotopic (exact) mass is 287 g/mol. The van der Waals surface area contributed by atoms with Gasteiger partial charge in [0.2, 0.25) is 0 Å². The Morgan fingerprint density at radius 2 is 2.24 bits per heavy atom. The van der Waals surface area contributed by atoms with E-state index in [1.54, 1.807) is 31.3 Å². The summed E-state index contributed by atoms with van der Waals surface area (Å²) in [6.07, 6.45) is 1.70. The van der Waals surface area contributed by atoms with E-state index in [0.717, 1.165) is 26.2 Å². The first-order valence-electron chi connectivity index (χ1n) is 6.89. The van der Waals surface area contributed by atoms with Crippen molar-refractivity contribution in [3.63, 3.8) is 0 Å². The third-order valence-corrected chi connectivity index (χ3v) is 3.32. The molecule has 0 radical (unpaired) electrons. The molecule has 0 saturated carbocycles. The smallest absolute Gasteiger partial charge is 0.260 e. The second kappa shape index (κ2) is 5.92. The molecule has 21 heavy (non-hydrogen) atoms. The molecule has 0 atom stereocenters. The largest absolute Gasteiger partial charge is 0.360 e. The number of nitrogens with zero attached hydrogens (tertiary/aromatic N) is 3. The molecule has 7 heteroatoms. The van der Waals surface area contributed by atoms with Crippen molar-refractivity contribution >= 4 is 17.5 Å². The number of rotatable bonds is 3. The van der Waals surface area contributed by atoms with Crippen molar-refractivity contribution < 1.29 is 9.32 Å². The Bertz CT molecular complexity index is 634. The molecule has 0 aliphatic carbocycles. The van der Waals surface area contributed by atoms with Crippen LogP contribution < -0.4 is 15.5 Å². The highest BCUT2D eigenvalue weighted by Crippen LogP contribution is 2.19. The zero-order chi connectivity index (χ0) is 14.7. The average Bonchev–Trinajstić information content (AvgIpc) is 2.93. The molecule has 3 rings (SSSR count). The number of carbonyl (C=O) groups is 1. The molecule has 2 aromatic rings. The summed E-state index contributed by atoms with van der Waals surface area (Å²) in [7, 11) is 0. The minimum absolute atomic E-state index is 0.232. The summed E-state index contributed by atoms with van der Waals surface area (Å²) in [5.41, 5.74) is 0.542. The predicted octanol–water partition coefficient (Wildman–Crippen LogP) is 1.04. The van der Waals surface area contributed by atoms with E-state index in [1.807, 2.05) is 0 Å². The zero-order valence-corrected chi connectivity index (χ0v) is 11.8. The molecular formula is C14H17N5O2. The van der Waals surface area contributed by atoms with Gasteiger partial charge in [-0.05, 0) is 19.1 Å². The van der Waals surface area contributed by atoms with Gasteiger partial charge in [-0.3, -0.25) is 4.79 Å². The fourth-order valence-corrected chi connectivity index (χ4v) is 2.31. The van der Waals surface area contributed by atoms with Gasteiger partial charge in [0.25, 0.3) is 5.91 Å². The summed E-state index contributed by atoms with van der Waals surface area (Å²) in [5, 5.41) is 9.79. The van der Waals surface area contributed by atoms with Gasteiger partial charge in [-0.25, -0.2) is 4.98 Å². The lowest BCUT2D eigenvalue weighted by atomic mass is 10.2. The van der Waals surface area contributed by atoms with Gasteiger partial charge in [0.15, 0.2) is 5.82 Å². The number of carbonyl (C=O) groups excluding carboxylic acids is 1. The van der Waals surface area contributed by atoms with Gasteiger partial charge >= 0.3 is 0 Å². The van der Waals surface area contributed by atoms with E-state index >= 15 is 0 Å². The van der Waals surface area contributed by atoms with Crippen LogP contribution in [-0.4, -0.2) is 42.2 Å². The van der Waals surface area contributed by atoms with Gasteiger partial charge in [-0.15, -0.1) is 0 Å². The molecule has 7 nitrogen and oxygen atoms in total. The van der Waals surface area contributed by atoms with Crippen LogP contribution in [0.4, 0.5) is 11.6 Å². The van der Waals surface area contributed by atoms with Crippen molar-refractivity contribution in [1.29, 1.82) is 0 Å². The number of anilines is 2. The lowest BCUT2D eigenvalue weighted by molar-refractivity contribution is 0.102. The number of aromatic nitrogens is 2. The van der Waals surface area contributed by atoms with Gasteiger partial charge in [0.05, 0.1) is 5.56 Å². The Hall–Kier alpha value is -2.41. The SMILES string of the molecule is Cc1cc(NC(=O)c2cccnc2N2CCNCC2)no1. The van der Waals surface area contributed by atoms with Crippen LogP contribution in [0.2, 0.25) is 0 Å². The number of hydrogen-bond acceptors (Lipinski definition) is 6. The van der Waals surface area contributed by atoms with Crippen LogP contribution in [0, 0.1) is 6.92 Å². The van der Waals surface area contributed by atoms with Gasteiger partial charge < -0.3 is 20.1 Å². The number of nitrogens with one attached hydrogen (secondary N) is 2. The lowest BCUT2D eigenvalue weighted by Crippen LogP contribution is -2.44. The maximum Gasteiger partial charge on any atom is 0.260 e. The van der Waals surface area contributed by atoms with Crippen LogP contribution in [0.5, 0.6) is 0 Å². The van der Waals surface area contributed by atoms with E-state index < -0.39 is 0 Å². The third-order valence-electron chi connectivity index (χ3n) is 3.32. The van der Waals surface area contributed by atoms with Crippen molar-refractivity contribution in [2.75, 3.05) is 36.4 Å². The Kier molecular flexibility index (Phi) is 3.83. The summed E-state index contributed by atoms with van der Waals surface area (Å²) in [6, 6.07) is 5.21. The number of hydrogen-bond donors (Lipinski definition) is 2. The number of amides is 1. The molecule has 2 aromatic heterocycles. The number of piperazine rings is 1. The number of aryl methyl sites for hydroxylation is 1. The summed E-state index contributed by atoms with van der Waals surface area (Å²) in [6.45, 7) is 5.22. The summed E-state index contributed by atoms with van der Waals surface area (Å²) in [5.74, 6) is 1.54.